The molecule has 1 aromatic carbocycles. The lowest BCUT2D eigenvalue weighted by Crippen LogP contribution is -2.34. The van der Waals surface area contributed by atoms with Gasteiger partial charge in [-0.1, -0.05) is 13.0 Å². The van der Waals surface area contributed by atoms with Gasteiger partial charge in [-0.15, -0.1) is 0 Å². The third-order valence-corrected chi connectivity index (χ3v) is 8.00. The van der Waals surface area contributed by atoms with Crippen LogP contribution in [-0.2, 0) is 21.2 Å². The summed E-state index contributed by atoms with van der Waals surface area (Å²) in [5.41, 5.74) is 2.49. The van der Waals surface area contributed by atoms with Gasteiger partial charge in [0, 0.05) is 17.3 Å². The van der Waals surface area contributed by atoms with Crippen molar-refractivity contribution in [2.24, 2.45) is 11.3 Å². The van der Waals surface area contributed by atoms with Crippen molar-refractivity contribution in [2.45, 2.75) is 39.0 Å². The number of nitrogens with one attached hydrogen (secondary N) is 3. The molecular weight excluding hydrogens is 454 g/mol. The minimum absolute atomic E-state index is 0.0443. The smallest absolute Gasteiger partial charge is 0.283 e. The minimum Gasteiger partial charge on any atom is -0.740 e. The minimum atomic E-state index is -3.67. The monoisotopic (exact) mass is 479 g/mol. The Kier molecular flexibility index (Phi) is 5.24. The first kappa shape index (κ1) is 22.2. The Bertz CT molecular complexity index is 1450. The molecule has 176 valence electrons. The van der Waals surface area contributed by atoms with E-state index in [1.165, 1.54) is 0 Å². The summed E-state index contributed by atoms with van der Waals surface area (Å²) in [5.74, 6) is -0.264. The Morgan fingerprint density at radius 1 is 1.26 bits per heavy atom. The first-order valence-electron chi connectivity index (χ1n) is 11.3. The molecule has 2 aliphatic carbocycles. The van der Waals surface area contributed by atoms with Gasteiger partial charge in [0.25, 0.3) is 5.91 Å². The van der Waals surface area contributed by atoms with Crippen molar-refractivity contribution in [1.82, 2.24) is 4.98 Å². The van der Waals surface area contributed by atoms with Crippen molar-refractivity contribution < 1.29 is 17.9 Å². The van der Waals surface area contributed by atoms with Crippen LogP contribution in [0, 0.1) is 27.9 Å². The summed E-state index contributed by atoms with van der Waals surface area (Å²) in [6.07, 6.45) is 5.15. The molecule has 1 amide bonds. The van der Waals surface area contributed by atoms with Crippen LogP contribution in [-0.4, -0.2) is 25.1 Å². The van der Waals surface area contributed by atoms with Gasteiger partial charge in [-0.25, -0.2) is 18.5 Å². The number of carbonyl (C=O) groups excluding carboxylic acids is 1. The fourth-order valence-corrected chi connectivity index (χ4v) is 5.89. The van der Waals surface area contributed by atoms with Crippen LogP contribution in [0.4, 0.5) is 11.5 Å². The SMILES string of the molecule is CCc1cc(NS(=O)(=O)CC2(C#N)CC2)ccc1-c1cc(NC(=O)C2CC2)[n+]([O-])c2[nH]ccc12. The normalized spacial score (nSPS) is 16.7. The van der Waals surface area contributed by atoms with E-state index in [-0.39, 0.29) is 23.4 Å². The molecule has 0 unspecified atom stereocenters. The third-order valence-electron chi connectivity index (χ3n) is 6.52. The highest BCUT2D eigenvalue weighted by Crippen LogP contribution is 2.46. The molecule has 10 heteroatoms. The molecule has 0 aliphatic heterocycles. The average Bonchev–Trinajstić information content (AvgIpc) is 3.73. The van der Waals surface area contributed by atoms with E-state index < -0.39 is 15.4 Å². The number of aromatic amines is 1. The second kappa shape index (κ2) is 8.02. The number of nitrogens with zero attached hydrogens (tertiary/aromatic N) is 2. The van der Waals surface area contributed by atoms with Crippen LogP contribution >= 0.6 is 0 Å². The Labute approximate surface area is 197 Å². The Morgan fingerprint density at radius 2 is 2.03 bits per heavy atom. The van der Waals surface area contributed by atoms with E-state index in [0.717, 1.165) is 29.5 Å². The second-order valence-electron chi connectivity index (χ2n) is 9.22. The van der Waals surface area contributed by atoms with Crippen LogP contribution in [0.25, 0.3) is 22.2 Å². The van der Waals surface area contributed by atoms with Gasteiger partial charge in [0.1, 0.15) is 0 Å². The summed E-state index contributed by atoms with van der Waals surface area (Å²) in [6, 6.07) is 10.9. The lowest BCUT2D eigenvalue weighted by atomic mass is 9.96. The lowest BCUT2D eigenvalue weighted by Gasteiger charge is -2.17. The van der Waals surface area contributed by atoms with Gasteiger partial charge in [-0.05, 0) is 61.4 Å². The van der Waals surface area contributed by atoms with E-state index in [9.17, 15) is 23.7 Å². The molecule has 0 bridgehead atoms. The Hall–Kier alpha value is -3.58. The van der Waals surface area contributed by atoms with Crippen molar-refractivity contribution in [2.75, 3.05) is 15.8 Å². The summed E-state index contributed by atoms with van der Waals surface area (Å²) < 4.78 is 28.5. The van der Waals surface area contributed by atoms with Gasteiger partial charge in [-0.2, -0.15) is 5.26 Å². The number of anilines is 2. The highest BCUT2D eigenvalue weighted by molar-refractivity contribution is 7.92. The van der Waals surface area contributed by atoms with Gasteiger partial charge >= 0.3 is 0 Å². The molecule has 2 saturated carbocycles. The van der Waals surface area contributed by atoms with Gasteiger partial charge in [0.05, 0.1) is 34.7 Å². The standard InChI is InChI=1S/C24H25N5O4S/c1-2-15-11-17(28-34(32,33)14-24(13-25)8-9-24)5-6-18(15)20-12-21(27-23(30)16-3-4-16)29(31)22-19(20)7-10-26-22/h5-7,10-12,16,26,28H,2-4,8-9,14H2,1H3,(H,27,30). The summed E-state index contributed by atoms with van der Waals surface area (Å²) in [7, 11) is -3.67. The maximum absolute atomic E-state index is 12.8. The first-order valence-corrected chi connectivity index (χ1v) is 13.0. The third kappa shape index (κ3) is 4.19. The number of hydrogen-bond acceptors (Lipinski definition) is 5. The molecule has 2 aliphatic rings. The van der Waals surface area contributed by atoms with Crippen LogP contribution in [0.2, 0.25) is 0 Å². The number of H-pyrrole nitrogens is 1. The van der Waals surface area contributed by atoms with E-state index in [4.69, 9.17) is 0 Å². The highest BCUT2D eigenvalue weighted by atomic mass is 32.2. The zero-order valence-electron chi connectivity index (χ0n) is 18.7. The van der Waals surface area contributed by atoms with Crippen LogP contribution in [0.3, 0.4) is 0 Å². The highest BCUT2D eigenvalue weighted by Gasteiger charge is 2.47. The molecule has 9 nitrogen and oxygen atoms in total. The zero-order chi connectivity index (χ0) is 24.1. The molecule has 0 atom stereocenters. The molecule has 2 fully saturated rings. The number of amides is 1. The second-order valence-corrected chi connectivity index (χ2v) is 10.9. The Balaban J connectivity index is 1.50. The number of carbonyl (C=O) groups is 1. The summed E-state index contributed by atoms with van der Waals surface area (Å²) >= 11 is 0. The molecule has 0 radical (unpaired) electrons. The van der Waals surface area contributed by atoms with Gasteiger partial charge in [0.2, 0.25) is 21.5 Å². The lowest BCUT2D eigenvalue weighted by molar-refractivity contribution is -0.563. The van der Waals surface area contributed by atoms with Crippen LogP contribution in [0.1, 0.15) is 38.2 Å². The maximum atomic E-state index is 12.8. The molecule has 34 heavy (non-hydrogen) atoms. The number of fused-ring (bicyclic) bond motifs is 1. The summed E-state index contributed by atoms with van der Waals surface area (Å²) in [6.45, 7) is 1.97. The first-order chi connectivity index (χ1) is 16.2. The van der Waals surface area contributed by atoms with Gasteiger partial charge in [0.15, 0.2) is 0 Å². The van der Waals surface area contributed by atoms with Crippen LogP contribution in [0.5, 0.6) is 0 Å². The van der Waals surface area contributed by atoms with Crippen molar-refractivity contribution in [3.63, 3.8) is 0 Å². The van der Waals surface area contributed by atoms with E-state index in [2.05, 4.69) is 21.1 Å². The average molecular weight is 480 g/mol. The van der Waals surface area contributed by atoms with Gasteiger partial charge in [-0.3, -0.25) is 14.5 Å². The van der Waals surface area contributed by atoms with Crippen molar-refractivity contribution in [3.05, 3.63) is 47.3 Å². The molecular formula is C24H25N5O4S. The molecule has 0 saturated heterocycles. The molecule has 5 rings (SSSR count). The largest absolute Gasteiger partial charge is 0.740 e. The predicted molar refractivity (Wildman–Crippen MR) is 128 cm³/mol. The van der Waals surface area contributed by atoms with Crippen molar-refractivity contribution in [3.8, 4) is 17.2 Å². The molecule has 0 spiro atoms. The quantitative estimate of drug-likeness (QED) is 0.335. The maximum Gasteiger partial charge on any atom is 0.283 e. The molecule has 2 heterocycles. The van der Waals surface area contributed by atoms with Crippen molar-refractivity contribution >= 4 is 38.5 Å². The summed E-state index contributed by atoms with van der Waals surface area (Å²) in [5, 5.41) is 25.5. The number of nitriles is 1. The molecule has 3 N–H and O–H groups in total. The Morgan fingerprint density at radius 3 is 2.68 bits per heavy atom. The number of rotatable bonds is 8. The zero-order valence-corrected chi connectivity index (χ0v) is 19.5. The van der Waals surface area contributed by atoms with Crippen LogP contribution in [0.15, 0.2) is 36.5 Å². The summed E-state index contributed by atoms with van der Waals surface area (Å²) in [4.78, 5) is 15.3. The number of aromatic nitrogens is 2. The fourth-order valence-electron chi connectivity index (χ4n) is 4.25. The number of pyridine rings is 1. The van der Waals surface area contributed by atoms with E-state index in [1.54, 1.807) is 30.5 Å². The fraction of sp³-hybridized carbons (Fsp3) is 0.375. The number of benzene rings is 1. The van der Waals surface area contributed by atoms with E-state index in [0.29, 0.717) is 40.7 Å². The van der Waals surface area contributed by atoms with Gasteiger partial charge < -0.3 is 5.21 Å². The van der Waals surface area contributed by atoms with E-state index in [1.807, 2.05) is 13.0 Å². The topological polar surface area (TPSA) is 142 Å². The molecule has 2 aromatic heterocycles. The number of sulfonamides is 1. The van der Waals surface area contributed by atoms with Crippen molar-refractivity contribution in [1.29, 1.82) is 5.26 Å². The van der Waals surface area contributed by atoms with Crippen LogP contribution < -0.4 is 14.8 Å². The number of aryl methyl sites for hydroxylation is 1. The predicted octanol–water partition coefficient (Wildman–Crippen LogP) is 3.42. The van der Waals surface area contributed by atoms with E-state index >= 15 is 0 Å². The number of hydrogen-bond donors (Lipinski definition) is 3. The molecule has 3 aromatic rings.